The minimum absolute atomic E-state index is 0.248. The fraction of sp³-hybridized carbons (Fsp3) is 0.200. The van der Waals surface area contributed by atoms with Gasteiger partial charge in [0.15, 0.2) is 5.65 Å². The smallest absolute Gasteiger partial charge is 0.299 e. The van der Waals surface area contributed by atoms with Crippen molar-refractivity contribution in [3.63, 3.8) is 0 Å². The number of aromatic nitrogens is 3. The van der Waals surface area contributed by atoms with E-state index in [-0.39, 0.29) is 5.82 Å². The highest BCUT2D eigenvalue weighted by atomic mass is 127. The van der Waals surface area contributed by atoms with Gasteiger partial charge in [-0.3, -0.25) is 4.57 Å². The standard InChI is InChI=1S/C15H13FIN3O/c1-2-21-15-19-14-13(7-12(17)8-18-14)20(15)9-10-4-3-5-11(16)6-10/h3-8H,2,9H2,1H3. The Morgan fingerprint density at radius 1 is 1.33 bits per heavy atom. The third-order valence-electron chi connectivity index (χ3n) is 3.04. The molecule has 0 spiro atoms. The number of imidazole rings is 1. The average Bonchev–Trinajstić information content (AvgIpc) is 2.77. The number of hydrogen-bond acceptors (Lipinski definition) is 3. The maximum absolute atomic E-state index is 13.4. The van der Waals surface area contributed by atoms with Crippen molar-refractivity contribution in [3.8, 4) is 6.01 Å². The first kappa shape index (κ1) is 14.2. The van der Waals surface area contributed by atoms with E-state index in [1.165, 1.54) is 12.1 Å². The topological polar surface area (TPSA) is 39.9 Å². The number of halogens is 2. The summed E-state index contributed by atoms with van der Waals surface area (Å²) in [6, 6.07) is 9.04. The van der Waals surface area contributed by atoms with E-state index in [1.54, 1.807) is 12.3 Å². The Kier molecular flexibility index (Phi) is 4.05. The second-order valence-electron chi connectivity index (χ2n) is 4.54. The van der Waals surface area contributed by atoms with E-state index in [1.807, 2.05) is 23.6 Å². The minimum atomic E-state index is -0.248. The number of rotatable bonds is 4. The van der Waals surface area contributed by atoms with Crippen LogP contribution < -0.4 is 4.74 Å². The molecule has 0 N–H and O–H groups in total. The Morgan fingerprint density at radius 3 is 2.95 bits per heavy atom. The van der Waals surface area contributed by atoms with Gasteiger partial charge < -0.3 is 4.74 Å². The van der Waals surface area contributed by atoms with Crippen LogP contribution in [0.25, 0.3) is 11.2 Å². The highest BCUT2D eigenvalue weighted by Crippen LogP contribution is 2.23. The number of ether oxygens (including phenoxy) is 1. The van der Waals surface area contributed by atoms with Gasteiger partial charge >= 0.3 is 0 Å². The van der Waals surface area contributed by atoms with E-state index in [9.17, 15) is 4.39 Å². The predicted octanol–water partition coefficient (Wildman–Crippen LogP) is 3.62. The summed E-state index contributed by atoms with van der Waals surface area (Å²) in [5.74, 6) is -0.248. The summed E-state index contributed by atoms with van der Waals surface area (Å²) in [6.07, 6.45) is 1.76. The third-order valence-corrected chi connectivity index (χ3v) is 3.63. The molecule has 108 valence electrons. The Labute approximate surface area is 135 Å². The number of benzene rings is 1. The van der Waals surface area contributed by atoms with Crippen LogP contribution in [0.4, 0.5) is 4.39 Å². The van der Waals surface area contributed by atoms with Crippen LogP contribution in [0.15, 0.2) is 36.5 Å². The van der Waals surface area contributed by atoms with Crippen LogP contribution in [0.2, 0.25) is 0 Å². The zero-order valence-electron chi connectivity index (χ0n) is 11.4. The number of fused-ring (bicyclic) bond motifs is 1. The van der Waals surface area contributed by atoms with Crippen molar-refractivity contribution in [2.45, 2.75) is 13.5 Å². The van der Waals surface area contributed by atoms with Gasteiger partial charge in [-0.05, 0) is 53.3 Å². The van der Waals surface area contributed by atoms with Crippen LogP contribution in [0.5, 0.6) is 6.01 Å². The van der Waals surface area contributed by atoms with Gasteiger partial charge in [-0.25, -0.2) is 9.37 Å². The first-order chi connectivity index (χ1) is 10.2. The first-order valence-electron chi connectivity index (χ1n) is 6.56. The van der Waals surface area contributed by atoms with Crippen molar-refractivity contribution in [1.29, 1.82) is 0 Å². The fourth-order valence-electron chi connectivity index (χ4n) is 2.17. The minimum Gasteiger partial charge on any atom is -0.465 e. The molecule has 2 heterocycles. The summed E-state index contributed by atoms with van der Waals surface area (Å²) in [6.45, 7) is 2.91. The Hall–Kier alpha value is -1.70. The summed E-state index contributed by atoms with van der Waals surface area (Å²) < 4.78 is 21.9. The molecule has 0 saturated heterocycles. The molecule has 0 aliphatic heterocycles. The van der Waals surface area contributed by atoms with Crippen molar-refractivity contribution in [2.75, 3.05) is 6.61 Å². The van der Waals surface area contributed by atoms with Gasteiger partial charge in [-0.15, -0.1) is 0 Å². The zero-order chi connectivity index (χ0) is 14.8. The second-order valence-corrected chi connectivity index (χ2v) is 5.79. The van der Waals surface area contributed by atoms with Gasteiger partial charge in [-0.2, -0.15) is 4.98 Å². The van der Waals surface area contributed by atoms with E-state index >= 15 is 0 Å². The van der Waals surface area contributed by atoms with Crippen LogP contribution in [-0.4, -0.2) is 21.1 Å². The lowest BCUT2D eigenvalue weighted by Crippen LogP contribution is -2.05. The van der Waals surface area contributed by atoms with Crippen LogP contribution >= 0.6 is 22.6 Å². The summed E-state index contributed by atoms with van der Waals surface area (Å²) in [5, 5.41) is 0. The van der Waals surface area contributed by atoms with Crippen LogP contribution in [0, 0.1) is 9.39 Å². The molecule has 0 aliphatic carbocycles. The molecule has 6 heteroatoms. The average molecular weight is 397 g/mol. The van der Waals surface area contributed by atoms with Crippen LogP contribution in [0.1, 0.15) is 12.5 Å². The van der Waals surface area contributed by atoms with E-state index in [0.29, 0.717) is 24.8 Å². The molecular weight excluding hydrogens is 384 g/mol. The van der Waals surface area contributed by atoms with Gasteiger partial charge in [0.2, 0.25) is 0 Å². The van der Waals surface area contributed by atoms with Crippen molar-refractivity contribution >= 4 is 33.8 Å². The SMILES string of the molecule is CCOc1nc2ncc(I)cc2n1Cc1cccc(F)c1. The normalized spacial score (nSPS) is 11.0. The zero-order valence-corrected chi connectivity index (χ0v) is 13.5. The molecule has 1 aromatic carbocycles. The van der Waals surface area contributed by atoms with Crippen LogP contribution in [0.3, 0.4) is 0 Å². The molecule has 0 atom stereocenters. The van der Waals surface area contributed by atoms with Crippen molar-refractivity contribution in [2.24, 2.45) is 0 Å². The molecule has 2 aromatic heterocycles. The lowest BCUT2D eigenvalue weighted by Gasteiger charge is -2.09. The third kappa shape index (κ3) is 2.99. The van der Waals surface area contributed by atoms with Crippen molar-refractivity contribution in [3.05, 3.63) is 51.5 Å². The lowest BCUT2D eigenvalue weighted by molar-refractivity contribution is 0.301. The van der Waals surface area contributed by atoms with Crippen molar-refractivity contribution in [1.82, 2.24) is 14.5 Å². The fourth-order valence-corrected chi connectivity index (χ4v) is 2.60. The molecule has 21 heavy (non-hydrogen) atoms. The molecule has 0 radical (unpaired) electrons. The van der Waals surface area contributed by atoms with E-state index in [2.05, 4.69) is 32.6 Å². The van der Waals surface area contributed by atoms with Gasteiger partial charge in [0.25, 0.3) is 6.01 Å². The molecule has 3 rings (SSSR count). The first-order valence-corrected chi connectivity index (χ1v) is 7.64. The van der Waals surface area contributed by atoms with E-state index < -0.39 is 0 Å². The van der Waals surface area contributed by atoms with E-state index in [0.717, 1.165) is 14.7 Å². The summed E-state index contributed by atoms with van der Waals surface area (Å²) in [5.41, 5.74) is 2.37. The molecule has 0 amide bonds. The molecule has 0 fully saturated rings. The quantitative estimate of drug-likeness (QED) is 0.632. The predicted molar refractivity (Wildman–Crippen MR) is 86.9 cm³/mol. The molecule has 0 unspecified atom stereocenters. The summed E-state index contributed by atoms with van der Waals surface area (Å²) >= 11 is 2.21. The maximum atomic E-state index is 13.4. The van der Waals surface area contributed by atoms with Crippen LogP contribution in [-0.2, 0) is 6.54 Å². The molecule has 3 aromatic rings. The van der Waals surface area contributed by atoms with Gasteiger partial charge in [0.1, 0.15) is 5.82 Å². The Morgan fingerprint density at radius 2 is 2.19 bits per heavy atom. The number of pyridine rings is 1. The maximum Gasteiger partial charge on any atom is 0.299 e. The van der Waals surface area contributed by atoms with Gasteiger partial charge in [0.05, 0.1) is 18.7 Å². The summed E-state index contributed by atoms with van der Waals surface area (Å²) in [7, 11) is 0. The lowest BCUT2D eigenvalue weighted by atomic mass is 10.2. The Bertz CT molecular complexity index is 788. The largest absolute Gasteiger partial charge is 0.465 e. The van der Waals surface area contributed by atoms with Gasteiger partial charge in [0, 0.05) is 9.77 Å². The van der Waals surface area contributed by atoms with Crippen molar-refractivity contribution < 1.29 is 9.13 Å². The molecule has 0 saturated carbocycles. The molecule has 0 aliphatic rings. The number of nitrogens with zero attached hydrogens (tertiary/aromatic N) is 3. The summed E-state index contributed by atoms with van der Waals surface area (Å²) in [4.78, 5) is 8.70. The monoisotopic (exact) mass is 397 g/mol. The highest BCUT2D eigenvalue weighted by Gasteiger charge is 2.13. The van der Waals surface area contributed by atoms with Gasteiger partial charge in [-0.1, -0.05) is 12.1 Å². The highest BCUT2D eigenvalue weighted by molar-refractivity contribution is 14.1. The molecule has 0 bridgehead atoms. The number of hydrogen-bond donors (Lipinski definition) is 0. The Balaban J connectivity index is 2.10. The molecule has 4 nitrogen and oxygen atoms in total. The second kappa shape index (κ2) is 5.97. The van der Waals surface area contributed by atoms with E-state index in [4.69, 9.17) is 4.74 Å². The molecular formula is C15H13FIN3O.